The fourth-order valence-electron chi connectivity index (χ4n) is 4.48. The van der Waals surface area contributed by atoms with Crippen LogP contribution in [0, 0.1) is 20.8 Å². The molecular weight excluding hydrogens is 452 g/mol. The van der Waals surface area contributed by atoms with Crippen molar-refractivity contribution >= 4 is 33.5 Å². The molecule has 3 aromatic carbocycles. The van der Waals surface area contributed by atoms with E-state index in [0.717, 1.165) is 44.6 Å². The fraction of sp³-hybridized carbons (Fsp3) is 0.207. The number of carbonyl (C=O) groups is 1. The molecule has 2 aromatic heterocycles. The standard InChI is InChI=1S/C29H28N4O3/c1-18-5-12-25-24(13-18)27-28(33(25)16-26(34)31-22-9-6-19(2)20(3)14-22)29(35)32(17-30-27)15-21-7-10-23(36-4)11-8-21/h5-14,17H,15-16H2,1-4H3,(H,31,34). The van der Waals surface area contributed by atoms with Crippen molar-refractivity contribution in [3.63, 3.8) is 0 Å². The maximum atomic E-state index is 13.7. The van der Waals surface area contributed by atoms with Crippen molar-refractivity contribution in [3.05, 3.63) is 99.6 Å². The molecule has 0 bridgehead atoms. The Morgan fingerprint density at radius 3 is 2.47 bits per heavy atom. The lowest BCUT2D eigenvalue weighted by molar-refractivity contribution is -0.116. The number of methoxy groups -OCH3 is 1. The number of anilines is 1. The number of nitrogens with one attached hydrogen (secondary N) is 1. The van der Waals surface area contributed by atoms with Crippen LogP contribution in [0.2, 0.25) is 0 Å². The van der Waals surface area contributed by atoms with Gasteiger partial charge in [-0.15, -0.1) is 0 Å². The van der Waals surface area contributed by atoms with Crippen LogP contribution in [0.15, 0.2) is 71.8 Å². The van der Waals surface area contributed by atoms with E-state index in [4.69, 9.17) is 4.74 Å². The lowest BCUT2D eigenvalue weighted by atomic mass is 10.1. The number of rotatable bonds is 6. The molecular formula is C29H28N4O3. The van der Waals surface area contributed by atoms with Gasteiger partial charge in [-0.1, -0.05) is 29.8 Å². The van der Waals surface area contributed by atoms with Crippen LogP contribution >= 0.6 is 0 Å². The number of fused-ring (bicyclic) bond motifs is 3. The summed E-state index contributed by atoms with van der Waals surface area (Å²) >= 11 is 0. The number of aryl methyl sites for hydroxylation is 3. The summed E-state index contributed by atoms with van der Waals surface area (Å²) in [5.41, 5.74) is 6.64. The van der Waals surface area contributed by atoms with E-state index in [0.29, 0.717) is 17.6 Å². The van der Waals surface area contributed by atoms with Crippen molar-refractivity contribution in [1.29, 1.82) is 0 Å². The number of benzene rings is 3. The molecule has 7 nitrogen and oxygen atoms in total. The Bertz CT molecular complexity index is 1660. The van der Waals surface area contributed by atoms with Gasteiger partial charge >= 0.3 is 0 Å². The quantitative estimate of drug-likeness (QED) is 0.372. The van der Waals surface area contributed by atoms with Crippen LogP contribution in [0.3, 0.4) is 0 Å². The van der Waals surface area contributed by atoms with Crippen molar-refractivity contribution < 1.29 is 9.53 Å². The molecule has 2 heterocycles. The number of hydrogen-bond acceptors (Lipinski definition) is 4. The van der Waals surface area contributed by atoms with Gasteiger partial charge in [0.05, 0.1) is 25.5 Å². The number of carbonyl (C=O) groups excluding carboxylic acids is 1. The predicted molar refractivity (Wildman–Crippen MR) is 143 cm³/mol. The Labute approximate surface area is 209 Å². The Hall–Kier alpha value is -4.39. The van der Waals surface area contributed by atoms with E-state index in [-0.39, 0.29) is 18.0 Å². The largest absolute Gasteiger partial charge is 0.497 e. The van der Waals surface area contributed by atoms with E-state index in [1.807, 2.05) is 81.4 Å². The molecule has 7 heteroatoms. The van der Waals surface area contributed by atoms with Crippen LogP contribution in [0.5, 0.6) is 5.75 Å². The lowest BCUT2D eigenvalue weighted by Gasteiger charge is -2.11. The second-order valence-electron chi connectivity index (χ2n) is 9.18. The first-order chi connectivity index (χ1) is 17.3. The minimum absolute atomic E-state index is 0.000542. The molecule has 0 aliphatic rings. The second kappa shape index (κ2) is 9.34. The van der Waals surface area contributed by atoms with Gasteiger partial charge in [-0.2, -0.15) is 0 Å². The highest BCUT2D eigenvalue weighted by Crippen LogP contribution is 2.27. The Balaban J connectivity index is 1.56. The van der Waals surface area contributed by atoms with Crippen LogP contribution < -0.4 is 15.6 Å². The minimum Gasteiger partial charge on any atom is -0.497 e. The fourth-order valence-corrected chi connectivity index (χ4v) is 4.48. The van der Waals surface area contributed by atoms with Gasteiger partial charge in [0, 0.05) is 11.1 Å². The summed E-state index contributed by atoms with van der Waals surface area (Å²) in [5.74, 6) is 0.549. The summed E-state index contributed by atoms with van der Waals surface area (Å²) in [6, 6.07) is 19.3. The average molecular weight is 481 g/mol. The maximum Gasteiger partial charge on any atom is 0.278 e. The van der Waals surface area contributed by atoms with Gasteiger partial charge in [0.2, 0.25) is 5.91 Å². The minimum atomic E-state index is -0.206. The zero-order valence-corrected chi connectivity index (χ0v) is 20.8. The summed E-state index contributed by atoms with van der Waals surface area (Å²) in [6.07, 6.45) is 1.58. The molecule has 5 aromatic rings. The highest BCUT2D eigenvalue weighted by molar-refractivity contribution is 6.06. The number of ether oxygens (including phenoxy) is 1. The molecule has 1 N–H and O–H groups in total. The van der Waals surface area contributed by atoms with Gasteiger partial charge in [0.15, 0.2) is 0 Å². The van der Waals surface area contributed by atoms with E-state index in [9.17, 15) is 9.59 Å². The number of amides is 1. The van der Waals surface area contributed by atoms with Crippen LogP contribution in [-0.4, -0.2) is 27.1 Å². The third kappa shape index (κ3) is 4.35. The maximum absolute atomic E-state index is 13.7. The molecule has 5 rings (SSSR count). The van der Waals surface area contributed by atoms with Gasteiger partial charge in [0.25, 0.3) is 5.56 Å². The van der Waals surface area contributed by atoms with E-state index < -0.39 is 0 Å². The summed E-state index contributed by atoms with van der Waals surface area (Å²) in [4.78, 5) is 31.5. The molecule has 0 radical (unpaired) electrons. The van der Waals surface area contributed by atoms with Crippen molar-refractivity contribution in [1.82, 2.24) is 14.1 Å². The van der Waals surface area contributed by atoms with Crippen LogP contribution in [0.4, 0.5) is 5.69 Å². The van der Waals surface area contributed by atoms with Crippen molar-refractivity contribution in [3.8, 4) is 5.75 Å². The highest BCUT2D eigenvalue weighted by atomic mass is 16.5. The topological polar surface area (TPSA) is 78.2 Å². The van der Waals surface area contributed by atoms with Crippen molar-refractivity contribution in [2.24, 2.45) is 0 Å². The lowest BCUT2D eigenvalue weighted by Crippen LogP contribution is -2.25. The van der Waals surface area contributed by atoms with Gasteiger partial charge in [-0.25, -0.2) is 4.98 Å². The second-order valence-corrected chi connectivity index (χ2v) is 9.18. The smallest absolute Gasteiger partial charge is 0.278 e. The van der Waals surface area contributed by atoms with Crippen LogP contribution in [0.25, 0.3) is 21.9 Å². The van der Waals surface area contributed by atoms with E-state index in [2.05, 4.69) is 10.3 Å². The molecule has 0 fully saturated rings. The molecule has 0 atom stereocenters. The first kappa shape index (κ1) is 23.4. The van der Waals surface area contributed by atoms with Crippen LogP contribution in [0.1, 0.15) is 22.3 Å². The molecule has 0 spiro atoms. The predicted octanol–water partition coefficient (Wildman–Crippen LogP) is 4.97. The van der Waals surface area contributed by atoms with Gasteiger partial charge in [-0.05, 0) is 73.9 Å². The zero-order valence-electron chi connectivity index (χ0n) is 20.8. The first-order valence-electron chi connectivity index (χ1n) is 11.8. The Morgan fingerprint density at radius 2 is 1.75 bits per heavy atom. The molecule has 0 aliphatic heterocycles. The monoisotopic (exact) mass is 480 g/mol. The molecule has 0 unspecified atom stereocenters. The third-order valence-electron chi connectivity index (χ3n) is 6.59. The van der Waals surface area contributed by atoms with E-state index in [1.54, 1.807) is 22.6 Å². The first-order valence-corrected chi connectivity index (χ1v) is 11.8. The molecule has 1 amide bonds. The molecule has 0 saturated carbocycles. The number of nitrogens with zero attached hydrogens (tertiary/aromatic N) is 3. The van der Waals surface area contributed by atoms with Crippen LogP contribution in [-0.2, 0) is 17.9 Å². The Kier molecular flexibility index (Phi) is 6.06. The van der Waals surface area contributed by atoms with E-state index >= 15 is 0 Å². The third-order valence-corrected chi connectivity index (χ3v) is 6.59. The van der Waals surface area contributed by atoms with Gasteiger partial charge in [-0.3, -0.25) is 14.2 Å². The average Bonchev–Trinajstić information content (AvgIpc) is 3.16. The summed E-state index contributed by atoms with van der Waals surface area (Å²) < 4.78 is 8.58. The van der Waals surface area contributed by atoms with Crippen molar-refractivity contribution in [2.75, 3.05) is 12.4 Å². The molecule has 0 saturated heterocycles. The summed E-state index contributed by atoms with van der Waals surface area (Å²) in [6.45, 7) is 6.41. The summed E-state index contributed by atoms with van der Waals surface area (Å²) in [7, 11) is 1.62. The van der Waals surface area contributed by atoms with E-state index in [1.165, 1.54) is 0 Å². The molecule has 0 aliphatic carbocycles. The normalized spacial score (nSPS) is 11.2. The molecule has 36 heavy (non-hydrogen) atoms. The van der Waals surface area contributed by atoms with Crippen molar-refractivity contribution in [2.45, 2.75) is 33.9 Å². The summed E-state index contributed by atoms with van der Waals surface area (Å²) in [5, 5.41) is 3.83. The zero-order chi connectivity index (χ0) is 25.4. The van der Waals surface area contributed by atoms with Gasteiger partial charge < -0.3 is 14.6 Å². The SMILES string of the molecule is COc1ccc(Cn2cnc3c4cc(C)ccc4n(CC(=O)Nc4ccc(C)c(C)c4)c3c2=O)cc1. The Morgan fingerprint density at radius 1 is 0.972 bits per heavy atom. The van der Waals surface area contributed by atoms with Gasteiger partial charge in [0.1, 0.15) is 23.3 Å². The molecule has 182 valence electrons. The number of aromatic nitrogens is 3. The number of hydrogen-bond donors (Lipinski definition) is 1. The highest BCUT2D eigenvalue weighted by Gasteiger charge is 2.19.